The average Bonchev–Trinajstić information content (AvgIpc) is 2.72. The Morgan fingerprint density at radius 2 is 1.46 bits per heavy atom. The van der Waals surface area contributed by atoms with Crippen molar-refractivity contribution in [1.29, 1.82) is 0 Å². The Balaban J connectivity index is 1.54. The maximum absolute atomic E-state index is 6.18. The van der Waals surface area contributed by atoms with Crippen molar-refractivity contribution < 1.29 is 4.74 Å². The zero-order valence-corrected chi connectivity index (χ0v) is 15.5. The Morgan fingerprint density at radius 1 is 0.750 bits per heavy atom. The topological polar surface area (TPSA) is 72.0 Å². The summed E-state index contributed by atoms with van der Waals surface area (Å²) >= 11 is 6.18. The molecule has 0 saturated heterocycles. The van der Waals surface area contributed by atoms with E-state index in [0.29, 0.717) is 22.5 Å². The minimum Gasteiger partial charge on any atom is -0.455 e. The Hall–Kier alpha value is -3.64. The predicted octanol–water partition coefficient (Wildman–Crippen LogP) is 5.80. The maximum atomic E-state index is 6.18. The van der Waals surface area contributed by atoms with E-state index in [1.807, 2.05) is 72.8 Å². The van der Waals surface area contributed by atoms with Crippen molar-refractivity contribution in [2.45, 2.75) is 0 Å². The van der Waals surface area contributed by atoms with Crippen LogP contribution in [0.25, 0.3) is 0 Å². The summed E-state index contributed by atoms with van der Waals surface area (Å²) in [5.41, 5.74) is 1.46. The van der Waals surface area contributed by atoms with Gasteiger partial charge >= 0.3 is 0 Å². The van der Waals surface area contributed by atoms with Gasteiger partial charge in [0.05, 0.1) is 22.6 Å². The van der Waals surface area contributed by atoms with Gasteiger partial charge in [0.2, 0.25) is 5.95 Å². The van der Waals surface area contributed by atoms with Gasteiger partial charge in [0.25, 0.3) is 0 Å². The molecule has 2 N–H and O–H groups in total. The molecule has 0 amide bonds. The van der Waals surface area contributed by atoms with E-state index >= 15 is 0 Å². The van der Waals surface area contributed by atoms with E-state index < -0.39 is 0 Å². The molecule has 6 nitrogen and oxygen atoms in total. The molecule has 0 bridgehead atoms. The first-order valence-corrected chi connectivity index (χ1v) is 8.96. The van der Waals surface area contributed by atoms with Crippen molar-refractivity contribution in [3.63, 3.8) is 0 Å². The van der Waals surface area contributed by atoms with Crippen LogP contribution in [0.1, 0.15) is 0 Å². The highest BCUT2D eigenvalue weighted by atomic mass is 35.5. The number of rotatable bonds is 6. The highest BCUT2D eigenvalue weighted by Gasteiger charge is 2.08. The highest BCUT2D eigenvalue weighted by molar-refractivity contribution is 6.33. The highest BCUT2D eigenvalue weighted by Crippen LogP contribution is 2.31. The van der Waals surface area contributed by atoms with E-state index in [-0.39, 0.29) is 0 Å². The van der Waals surface area contributed by atoms with Crippen molar-refractivity contribution in [2.24, 2.45) is 0 Å². The number of hydrogen-bond acceptors (Lipinski definition) is 6. The second-order valence-corrected chi connectivity index (χ2v) is 6.21. The number of nitrogens with one attached hydrogen (secondary N) is 2. The number of halogens is 1. The van der Waals surface area contributed by atoms with Crippen molar-refractivity contribution in [1.82, 2.24) is 15.2 Å². The van der Waals surface area contributed by atoms with E-state index in [1.54, 1.807) is 6.07 Å². The zero-order chi connectivity index (χ0) is 19.2. The summed E-state index contributed by atoms with van der Waals surface area (Å²) in [7, 11) is 0. The Bertz CT molecular complexity index is 1070. The van der Waals surface area contributed by atoms with Gasteiger partial charge in [-0.15, -0.1) is 5.10 Å². The number of benzene rings is 3. The van der Waals surface area contributed by atoms with Crippen LogP contribution in [0, 0.1) is 0 Å². The van der Waals surface area contributed by atoms with Crippen LogP contribution in [-0.4, -0.2) is 15.2 Å². The van der Waals surface area contributed by atoms with Crippen molar-refractivity contribution in [3.8, 4) is 11.5 Å². The molecule has 0 aliphatic rings. The van der Waals surface area contributed by atoms with Crippen LogP contribution >= 0.6 is 11.6 Å². The van der Waals surface area contributed by atoms with Crippen LogP contribution < -0.4 is 15.4 Å². The molecule has 0 fully saturated rings. The van der Waals surface area contributed by atoms with Crippen molar-refractivity contribution in [3.05, 3.63) is 90.1 Å². The third-order valence-electron chi connectivity index (χ3n) is 3.80. The summed E-state index contributed by atoms with van der Waals surface area (Å²) in [5.74, 6) is 2.25. The Kier molecular flexibility index (Phi) is 5.31. The molecule has 0 atom stereocenters. The summed E-state index contributed by atoms with van der Waals surface area (Å²) in [4.78, 5) is 4.44. The number of hydrogen-bond donors (Lipinski definition) is 2. The van der Waals surface area contributed by atoms with Crippen LogP contribution in [0.2, 0.25) is 5.02 Å². The molecule has 138 valence electrons. The van der Waals surface area contributed by atoms with E-state index in [1.165, 1.54) is 6.20 Å². The number of anilines is 4. The summed E-state index contributed by atoms with van der Waals surface area (Å²) in [5, 5.41) is 14.9. The van der Waals surface area contributed by atoms with Gasteiger partial charge < -0.3 is 15.4 Å². The second kappa shape index (κ2) is 8.37. The SMILES string of the molecule is Clc1ccccc1Nc1cnnc(Nc2ccccc2Oc2ccccc2)n1. The van der Waals surface area contributed by atoms with Gasteiger partial charge in [0, 0.05) is 0 Å². The smallest absolute Gasteiger partial charge is 0.249 e. The van der Waals surface area contributed by atoms with Gasteiger partial charge in [-0.3, -0.25) is 0 Å². The van der Waals surface area contributed by atoms with E-state index in [4.69, 9.17) is 16.3 Å². The molecule has 0 aliphatic heterocycles. The van der Waals surface area contributed by atoms with Gasteiger partial charge in [-0.25, -0.2) is 0 Å². The van der Waals surface area contributed by atoms with E-state index in [2.05, 4.69) is 25.8 Å². The lowest BCUT2D eigenvalue weighted by Crippen LogP contribution is -2.03. The lowest BCUT2D eigenvalue weighted by molar-refractivity contribution is 0.485. The lowest BCUT2D eigenvalue weighted by atomic mass is 10.3. The summed E-state index contributed by atoms with van der Waals surface area (Å²) in [6, 6.07) is 24.5. The Morgan fingerprint density at radius 3 is 2.29 bits per heavy atom. The van der Waals surface area contributed by atoms with Gasteiger partial charge in [-0.05, 0) is 36.4 Å². The third kappa shape index (κ3) is 4.36. The first-order valence-electron chi connectivity index (χ1n) is 8.58. The normalized spacial score (nSPS) is 10.3. The first kappa shape index (κ1) is 17.8. The summed E-state index contributed by atoms with van der Waals surface area (Å²) in [6.45, 7) is 0. The molecular formula is C21H16ClN5O. The fourth-order valence-electron chi connectivity index (χ4n) is 2.51. The zero-order valence-electron chi connectivity index (χ0n) is 14.7. The van der Waals surface area contributed by atoms with Gasteiger partial charge in [-0.2, -0.15) is 10.1 Å². The molecule has 3 aromatic carbocycles. The van der Waals surface area contributed by atoms with Crippen LogP contribution in [0.4, 0.5) is 23.1 Å². The van der Waals surface area contributed by atoms with E-state index in [0.717, 1.165) is 17.1 Å². The Labute approximate surface area is 167 Å². The molecular weight excluding hydrogens is 374 g/mol. The molecule has 0 spiro atoms. The fraction of sp³-hybridized carbons (Fsp3) is 0. The molecule has 28 heavy (non-hydrogen) atoms. The van der Waals surface area contributed by atoms with Crippen LogP contribution in [0.5, 0.6) is 11.5 Å². The largest absolute Gasteiger partial charge is 0.455 e. The second-order valence-electron chi connectivity index (χ2n) is 5.81. The van der Waals surface area contributed by atoms with Crippen molar-refractivity contribution in [2.75, 3.05) is 10.6 Å². The van der Waals surface area contributed by atoms with Crippen LogP contribution in [-0.2, 0) is 0 Å². The first-order chi connectivity index (χ1) is 13.8. The molecule has 0 saturated carbocycles. The molecule has 7 heteroatoms. The minimum absolute atomic E-state index is 0.334. The average molecular weight is 390 g/mol. The van der Waals surface area contributed by atoms with E-state index in [9.17, 15) is 0 Å². The van der Waals surface area contributed by atoms with Gasteiger partial charge in [0.1, 0.15) is 5.75 Å². The van der Waals surface area contributed by atoms with Crippen LogP contribution in [0.3, 0.4) is 0 Å². The number of nitrogens with zero attached hydrogens (tertiary/aromatic N) is 3. The number of aromatic nitrogens is 3. The molecule has 4 aromatic rings. The molecule has 0 unspecified atom stereocenters. The molecule has 0 radical (unpaired) electrons. The van der Waals surface area contributed by atoms with Gasteiger partial charge in [-0.1, -0.05) is 54.1 Å². The van der Waals surface area contributed by atoms with Gasteiger partial charge in [0.15, 0.2) is 11.6 Å². The summed E-state index contributed by atoms with van der Waals surface area (Å²) in [6.07, 6.45) is 1.53. The van der Waals surface area contributed by atoms with Crippen LogP contribution in [0.15, 0.2) is 85.1 Å². The molecule has 0 aliphatic carbocycles. The third-order valence-corrected chi connectivity index (χ3v) is 4.13. The maximum Gasteiger partial charge on any atom is 0.249 e. The predicted molar refractivity (Wildman–Crippen MR) is 111 cm³/mol. The fourth-order valence-corrected chi connectivity index (χ4v) is 2.70. The quantitative estimate of drug-likeness (QED) is 0.434. The standard InChI is InChI=1S/C21H16ClN5O/c22-16-10-4-5-11-17(16)24-20-14-23-27-21(26-20)25-18-12-6-7-13-19(18)28-15-8-2-1-3-9-15/h1-14H,(H2,24,25,26,27). The lowest BCUT2D eigenvalue weighted by Gasteiger charge is -2.12. The molecule has 4 rings (SSSR count). The van der Waals surface area contributed by atoms with Crippen molar-refractivity contribution >= 4 is 34.7 Å². The monoisotopic (exact) mass is 389 g/mol. The molecule has 1 heterocycles. The molecule has 1 aromatic heterocycles. The minimum atomic E-state index is 0.334. The number of para-hydroxylation sites is 4. The number of ether oxygens (including phenoxy) is 1. The summed E-state index contributed by atoms with van der Waals surface area (Å²) < 4.78 is 5.95.